The molecule has 8 heteroatoms. The first kappa shape index (κ1) is 19.8. The van der Waals surface area contributed by atoms with Crippen LogP contribution in [0.2, 0.25) is 0 Å². The van der Waals surface area contributed by atoms with Crippen molar-refractivity contribution < 1.29 is 19.1 Å². The van der Waals surface area contributed by atoms with Gasteiger partial charge in [0.15, 0.2) is 0 Å². The molecule has 0 unspecified atom stereocenters. The minimum absolute atomic E-state index is 0.0577. The van der Waals surface area contributed by atoms with Gasteiger partial charge in [0, 0.05) is 37.5 Å². The van der Waals surface area contributed by atoms with Crippen LogP contribution in [-0.4, -0.2) is 29.7 Å². The Labute approximate surface area is 165 Å². The number of anilines is 2. The molecular formula is C21H19N3O5. The fourth-order valence-corrected chi connectivity index (χ4v) is 2.65. The number of benzene rings is 2. The Balaban J connectivity index is 1.58. The predicted molar refractivity (Wildman–Crippen MR) is 111 cm³/mol. The molecule has 0 fully saturated rings. The average molecular weight is 393 g/mol. The van der Waals surface area contributed by atoms with Crippen LogP contribution >= 0.6 is 0 Å². The Bertz CT molecular complexity index is 1130. The molecule has 0 aliphatic rings. The van der Waals surface area contributed by atoms with Gasteiger partial charge >= 0.3 is 5.63 Å². The fourth-order valence-electron chi connectivity index (χ4n) is 2.65. The zero-order valence-electron chi connectivity index (χ0n) is 15.6. The molecule has 0 atom stereocenters. The topological polar surface area (TPSA) is 121 Å². The molecule has 0 spiro atoms. The molecule has 0 aliphatic carbocycles. The minimum Gasteiger partial charge on any atom is -0.506 e. The highest BCUT2D eigenvalue weighted by Gasteiger charge is 2.11. The molecule has 1 heterocycles. The van der Waals surface area contributed by atoms with Gasteiger partial charge in [-0.1, -0.05) is 12.1 Å². The van der Waals surface area contributed by atoms with E-state index in [-0.39, 0.29) is 41.7 Å². The van der Waals surface area contributed by atoms with Crippen LogP contribution in [0.5, 0.6) is 5.75 Å². The first-order valence-corrected chi connectivity index (χ1v) is 8.86. The smallest absolute Gasteiger partial charge is 0.348 e. The van der Waals surface area contributed by atoms with Crippen LogP contribution < -0.4 is 16.3 Å². The summed E-state index contributed by atoms with van der Waals surface area (Å²) in [5.74, 6) is -0.639. The van der Waals surface area contributed by atoms with Crippen LogP contribution in [0.3, 0.4) is 0 Å². The number of hydrogen-bond acceptors (Lipinski definition) is 6. The van der Waals surface area contributed by atoms with E-state index in [9.17, 15) is 19.5 Å². The molecule has 148 valence electrons. The van der Waals surface area contributed by atoms with Gasteiger partial charge in [0.25, 0.3) is 0 Å². The van der Waals surface area contributed by atoms with Gasteiger partial charge in [-0.2, -0.15) is 0 Å². The lowest BCUT2D eigenvalue weighted by atomic mass is 10.1. The normalized spacial score (nSPS) is 10.9. The van der Waals surface area contributed by atoms with Crippen LogP contribution in [0.15, 0.2) is 62.7 Å². The maximum Gasteiger partial charge on any atom is 0.348 e. The Morgan fingerprint density at radius 3 is 2.41 bits per heavy atom. The van der Waals surface area contributed by atoms with Gasteiger partial charge in [-0.3, -0.25) is 14.6 Å². The van der Waals surface area contributed by atoms with Gasteiger partial charge in [-0.15, -0.1) is 0 Å². The molecule has 3 rings (SSSR count). The molecule has 29 heavy (non-hydrogen) atoms. The highest BCUT2D eigenvalue weighted by molar-refractivity contribution is 5.94. The van der Waals surface area contributed by atoms with Crippen LogP contribution in [-0.2, 0) is 9.59 Å². The van der Waals surface area contributed by atoms with Gasteiger partial charge < -0.3 is 20.2 Å². The van der Waals surface area contributed by atoms with Crippen molar-refractivity contribution in [3.05, 3.63) is 64.5 Å². The van der Waals surface area contributed by atoms with Crippen molar-refractivity contribution in [1.82, 2.24) is 0 Å². The zero-order valence-corrected chi connectivity index (χ0v) is 15.6. The van der Waals surface area contributed by atoms with Crippen molar-refractivity contribution in [3.8, 4) is 5.75 Å². The van der Waals surface area contributed by atoms with E-state index in [4.69, 9.17) is 4.42 Å². The van der Waals surface area contributed by atoms with Gasteiger partial charge in [-0.25, -0.2) is 4.79 Å². The van der Waals surface area contributed by atoms with Crippen molar-refractivity contribution in [1.29, 1.82) is 0 Å². The number of para-hydroxylation sites is 1. The molecule has 0 saturated carbocycles. The van der Waals surface area contributed by atoms with Crippen LogP contribution in [0.4, 0.5) is 11.4 Å². The molecule has 0 saturated heterocycles. The van der Waals surface area contributed by atoms with E-state index in [0.717, 1.165) is 0 Å². The summed E-state index contributed by atoms with van der Waals surface area (Å²) in [7, 11) is 0. The maximum absolute atomic E-state index is 12.0. The third kappa shape index (κ3) is 5.07. The summed E-state index contributed by atoms with van der Waals surface area (Å²) >= 11 is 0. The fraction of sp³-hybridized carbons (Fsp3) is 0.143. The second-order valence-corrected chi connectivity index (χ2v) is 6.24. The summed E-state index contributed by atoms with van der Waals surface area (Å²) in [6.07, 6.45) is 1.30. The van der Waals surface area contributed by atoms with E-state index < -0.39 is 5.63 Å². The number of carbonyl (C=O) groups is 2. The van der Waals surface area contributed by atoms with E-state index in [0.29, 0.717) is 16.8 Å². The first-order valence-electron chi connectivity index (χ1n) is 8.86. The SMILES string of the molecule is CC(=O)Nc1ccc(NC(=O)CCN=Cc2c(O)c3ccccc3oc2=O)cc1. The number of nitrogens with zero attached hydrogens (tertiary/aromatic N) is 1. The molecule has 2 aromatic carbocycles. The van der Waals surface area contributed by atoms with Crippen LogP contribution in [0, 0.1) is 0 Å². The summed E-state index contributed by atoms with van der Waals surface area (Å²) in [6.45, 7) is 1.54. The lowest BCUT2D eigenvalue weighted by Gasteiger charge is -2.06. The van der Waals surface area contributed by atoms with E-state index in [2.05, 4.69) is 15.6 Å². The third-order valence-corrected chi connectivity index (χ3v) is 4.00. The first-order chi connectivity index (χ1) is 13.9. The Kier molecular flexibility index (Phi) is 6.03. The monoisotopic (exact) mass is 393 g/mol. The number of amides is 2. The van der Waals surface area contributed by atoms with Crippen LogP contribution in [0.25, 0.3) is 11.0 Å². The number of aliphatic imine (C=N–C) groups is 1. The standard InChI is InChI=1S/C21H19N3O5/c1-13(25)23-14-6-8-15(9-7-14)24-19(26)10-11-22-12-17-20(27)16-4-2-3-5-18(16)29-21(17)28/h2-9,12,27H,10-11H2,1H3,(H,23,25)(H,24,26). The quantitative estimate of drug-likeness (QED) is 0.439. The number of aromatic hydroxyl groups is 1. The highest BCUT2D eigenvalue weighted by Crippen LogP contribution is 2.24. The number of hydrogen-bond donors (Lipinski definition) is 3. The van der Waals surface area contributed by atoms with E-state index in [1.807, 2.05) is 0 Å². The molecule has 8 nitrogen and oxygen atoms in total. The second-order valence-electron chi connectivity index (χ2n) is 6.24. The second kappa shape index (κ2) is 8.83. The molecule has 0 aliphatic heterocycles. The number of rotatable bonds is 6. The molecule has 3 aromatic rings. The van der Waals surface area contributed by atoms with E-state index in [1.54, 1.807) is 48.5 Å². The maximum atomic E-state index is 12.0. The molecule has 3 N–H and O–H groups in total. The van der Waals surface area contributed by atoms with Gasteiger partial charge in [0.05, 0.1) is 5.39 Å². The molecular weight excluding hydrogens is 374 g/mol. The van der Waals surface area contributed by atoms with Crippen molar-refractivity contribution in [3.63, 3.8) is 0 Å². The van der Waals surface area contributed by atoms with Gasteiger partial charge in [-0.05, 0) is 36.4 Å². The summed E-state index contributed by atoms with van der Waals surface area (Å²) in [5.41, 5.74) is 0.748. The third-order valence-electron chi connectivity index (χ3n) is 4.00. The molecule has 0 radical (unpaired) electrons. The Morgan fingerprint density at radius 2 is 1.72 bits per heavy atom. The summed E-state index contributed by atoms with van der Waals surface area (Å²) < 4.78 is 5.15. The van der Waals surface area contributed by atoms with Crippen molar-refractivity contribution in [2.24, 2.45) is 4.99 Å². The Hall–Kier alpha value is -3.94. The largest absolute Gasteiger partial charge is 0.506 e. The minimum atomic E-state index is -0.700. The molecule has 2 amide bonds. The molecule has 1 aromatic heterocycles. The zero-order chi connectivity index (χ0) is 20.8. The predicted octanol–water partition coefficient (Wildman–Crippen LogP) is 2.90. The van der Waals surface area contributed by atoms with Crippen LogP contribution in [0.1, 0.15) is 18.9 Å². The summed E-state index contributed by atoms with van der Waals surface area (Å²) in [5, 5.41) is 16.0. The van der Waals surface area contributed by atoms with E-state index >= 15 is 0 Å². The van der Waals surface area contributed by atoms with Gasteiger partial charge in [0.1, 0.15) is 16.9 Å². The van der Waals surface area contributed by atoms with E-state index in [1.165, 1.54) is 13.1 Å². The Morgan fingerprint density at radius 1 is 1.07 bits per heavy atom. The summed E-state index contributed by atoms with van der Waals surface area (Å²) in [4.78, 5) is 39.0. The van der Waals surface area contributed by atoms with Gasteiger partial charge in [0.2, 0.25) is 11.8 Å². The summed E-state index contributed by atoms with van der Waals surface area (Å²) in [6, 6.07) is 13.3. The molecule has 0 bridgehead atoms. The lowest BCUT2D eigenvalue weighted by Crippen LogP contribution is -2.13. The van der Waals surface area contributed by atoms with Crippen molar-refractivity contribution in [2.45, 2.75) is 13.3 Å². The number of nitrogens with one attached hydrogen (secondary N) is 2. The number of carbonyl (C=O) groups excluding carboxylic acids is 2. The van der Waals surface area contributed by atoms with Crippen molar-refractivity contribution in [2.75, 3.05) is 17.2 Å². The van der Waals surface area contributed by atoms with Crippen molar-refractivity contribution >= 4 is 40.4 Å². The number of fused-ring (bicyclic) bond motifs is 1. The lowest BCUT2D eigenvalue weighted by molar-refractivity contribution is -0.116. The highest BCUT2D eigenvalue weighted by atomic mass is 16.4. The average Bonchev–Trinajstić information content (AvgIpc) is 2.68.